The normalized spacial score (nSPS) is 16.3. The number of thiocarbonyl (C=S) groups is 1. The Labute approximate surface area is 169 Å². The van der Waals surface area contributed by atoms with E-state index >= 15 is 0 Å². The highest BCUT2D eigenvalue weighted by molar-refractivity contribution is 7.80. The Morgan fingerprint density at radius 1 is 1.18 bits per heavy atom. The van der Waals surface area contributed by atoms with Crippen LogP contribution in [0.4, 0.5) is 5.69 Å². The van der Waals surface area contributed by atoms with Crippen molar-refractivity contribution in [2.75, 3.05) is 19.1 Å². The van der Waals surface area contributed by atoms with Crippen LogP contribution in [0, 0.1) is 11.3 Å². The molecule has 6 nitrogen and oxygen atoms in total. The van der Waals surface area contributed by atoms with Crippen molar-refractivity contribution in [3.8, 4) is 11.8 Å². The van der Waals surface area contributed by atoms with Crippen molar-refractivity contribution in [1.29, 1.82) is 5.26 Å². The molecule has 2 aromatic rings. The topological polar surface area (TPSA) is 74.6 Å². The summed E-state index contributed by atoms with van der Waals surface area (Å²) in [6.07, 6.45) is 0. The van der Waals surface area contributed by atoms with Gasteiger partial charge in [-0.3, -0.25) is 4.90 Å². The van der Waals surface area contributed by atoms with Crippen LogP contribution in [-0.2, 0) is 9.53 Å². The number of carbonyl (C=O) groups is 1. The lowest BCUT2D eigenvalue weighted by Gasteiger charge is -2.37. The molecule has 0 spiro atoms. The van der Waals surface area contributed by atoms with E-state index in [1.54, 1.807) is 36.3 Å². The van der Waals surface area contributed by atoms with Crippen molar-refractivity contribution in [1.82, 2.24) is 5.32 Å². The van der Waals surface area contributed by atoms with Gasteiger partial charge in [0.15, 0.2) is 5.11 Å². The molecule has 0 bridgehead atoms. The molecular formula is C21H19N3O3S. The summed E-state index contributed by atoms with van der Waals surface area (Å²) in [5, 5.41) is 12.7. The fraction of sp³-hybridized carbons (Fsp3) is 0.190. The van der Waals surface area contributed by atoms with E-state index in [0.717, 1.165) is 11.3 Å². The van der Waals surface area contributed by atoms with E-state index in [0.29, 0.717) is 27.7 Å². The minimum atomic E-state index is -0.487. The Morgan fingerprint density at radius 2 is 1.86 bits per heavy atom. The summed E-state index contributed by atoms with van der Waals surface area (Å²) in [7, 11) is 2.93. The summed E-state index contributed by atoms with van der Waals surface area (Å²) in [6, 6.07) is 16.0. The summed E-state index contributed by atoms with van der Waals surface area (Å²) in [5.74, 6) is 0.175. The van der Waals surface area contributed by atoms with Gasteiger partial charge in [0, 0.05) is 5.70 Å². The number of rotatable bonds is 4. The molecule has 3 rings (SSSR count). The highest BCUT2D eigenvalue weighted by atomic mass is 32.1. The second-order valence-corrected chi connectivity index (χ2v) is 6.50. The highest BCUT2D eigenvalue weighted by Gasteiger charge is 2.36. The number of benzene rings is 2. The van der Waals surface area contributed by atoms with Crippen molar-refractivity contribution >= 4 is 29.0 Å². The number of ether oxygens (including phenoxy) is 2. The molecule has 0 saturated carbocycles. The quantitative estimate of drug-likeness (QED) is 0.630. The number of carbonyl (C=O) groups excluding carboxylic acids is 1. The minimum absolute atomic E-state index is 0.434. The van der Waals surface area contributed by atoms with Gasteiger partial charge in [-0.25, -0.2) is 4.79 Å². The first-order valence-electron chi connectivity index (χ1n) is 8.54. The maximum atomic E-state index is 12.6. The summed E-state index contributed by atoms with van der Waals surface area (Å²) in [4.78, 5) is 14.4. The van der Waals surface area contributed by atoms with Gasteiger partial charge >= 0.3 is 5.97 Å². The van der Waals surface area contributed by atoms with Gasteiger partial charge in [0.25, 0.3) is 0 Å². The molecule has 0 aliphatic carbocycles. The smallest absolute Gasteiger partial charge is 0.337 e. The molecule has 2 aromatic carbocycles. The van der Waals surface area contributed by atoms with Crippen molar-refractivity contribution in [3.63, 3.8) is 0 Å². The van der Waals surface area contributed by atoms with Gasteiger partial charge in [0.2, 0.25) is 0 Å². The molecule has 0 aromatic heterocycles. The average molecular weight is 393 g/mol. The Balaban J connectivity index is 2.15. The molecule has 0 amide bonds. The van der Waals surface area contributed by atoms with Crippen molar-refractivity contribution in [2.45, 2.75) is 13.0 Å². The molecule has 0 unspecified atom stereocenters. The van der Waals surface area contributed by atoms with Crippen LogP contribution < -0.4 is 15.0 Å². The third-order valence-corrected chi connectivity index (χ3v) is 4.89. The first-order valence-corrected chi connectivity index (χ1v) is 8.95. The lowest BCUT2D eigenvalue weighted by Crippen LogP contribution is -2.48. The summed E-state index contributed by atoms with van der Waals surface area (Å²) < 4.78 is 10.5. The number of hydrogen-bond donors (Lipinski definition) is 1. The van der Waals surface area contributed by atoms with Crippen LogP contribution in [0.25, 0.3) is 0 Å². The minimum Gasteiger partial charge on any atom is -0.495 e. The third kappa shape index (κ3) is 3.42. The van der Waals surface area contributed by atoms with Gasteiger partial charge in [-0.05, 0) is 49.0 Å². The van der Waals surface area contributed by atoms with Crippen LogP contribution in [0.5, 0.6) is 5.75 Å². The monoisotopic (exact) mass is 393 g/mol. The van der Waals surface area contributed by atoms with Crippen molar-refractivity contribution < 1.29 is 14.3 Å². The van der Waals surface area contributed by atoms with Crippen LogP contribution in [0.1, 0.15) is 24.1 Å². The highest BCUT2D eigenvalue weighted by Crippen LogP contribution is 2.37. The molecule has 7 heteroatoms. The number of hydrogen-bond acceptors (Lipinski definition) is 5. The van der Waals surface area contributed by atoms with Gasteiger partial charge in [-0.2, -0.15) is 5.26 Å². The SMILES string of the molecule is COC(=O)C1=C(C)N(c2ccccc2OC)C(=S)N[C@H]1c1ccc(C#N)cc1. The lowest BCUT2D eigenvalue weighted by molar-refractivity contribution is -0.136. The summed E-state index contributed by atoms with van der Waals surface area (Å²) in [6.45, 7) is 1.82. The molecule has 0 saturated heterocycles. The van der Waals surface area contributed by atoms with Crippen LogP contribution >= 0.6 is 12.2 Å². The first-order chi connectivity index (χ1) is 13.5. The predicted octanol–water partition coefficient (Wildman–Crippen LogP) is 3.45. The Kier molecular flexibility index (Phi) is 5.62. The number of esters is 1. The molecule has 0 fully saturated rings. The van der Waals surface area contributed by atoms with E-state index in [2.05, 4.69) is 11.4 Å². The zero-order valence-corrected chi connectivity index (χ0v) is 16.5. The molecule has 1 N–H and O–H groups in total. The van der Waals surface area contributed by atoms with Gasteiger partial charge in [-0.1, -0.05) is 24.3 Å². The zero-order chi connectivity index (χ0) is 20.3. The maximum Gasteiger partial charge on any atom is 0.337 e. The summed E-state index contributed by atoms with van der Waals surface area (Å²) in [5.41, 5.74) is 3.15. The molecule has 1 aliphatic rings. The zero-order valence-electron chi connectivity index (χ0n) is 15.7. The van der Waals surface area contributed by atoms with Gasteiger partial charge in [-0.15, -0.1) is 0 Å². The van der Waals surface area contributed by atoms with Gasteiger partial charge in [0.1, 0.15) is 5.75 Å². The maximum absolute atomic E-state index is 12.6. The largest absolute Gasteiger partial charge is 0.495 e. The number of nitriles is 1. The number of anilines is 1. The summed E-state index contributed by atoms with van der Waals surface area (Å²) >= 11 is 5.62. The number of methoxy groups -OCH3 is 2. The fourth-order valence-electron chi connectivity index (χ4n) is 3.22. The first kappa shape index (κ1) is 19.4. The number of nitrogens with zero attached hydrogens (tertiary/aromatic N) is 2. The van der Waals surface area contributed by atoms with E-state index in [9.17, 15) is 4.79 Å². The lowest BCUT2D eigenvalue weighted by atomic mass is 9.94. The molecule has 1 aliphatic heterocycles. The van der Waals surface area contributed by atoms with Gasteiger partial charge in [0.05, 0.1) is 43.2 Å². The van der Waals surface area contributed by atoms with E-state index < -0.39 is 12.0 Å². The Morgan fingerprint density at radius 3 is 2.46 bits per heavy atom. The van der Waals surface area contributed by atoms with Crippen LogP contribution in [-0.4, -0.2) is 25.3 Å². The third-order valence-electron chi connectivity index (χ3n) is 4.59. The number of allylic oxidation sites excluding steroid dienone is 1. The second kappa shape index (κ2) is 8.11. The van der Waals surface area contributed by atoms with E-state index in [1.807, 2.05) is 31.2 Å². The Bertz CT molecular complexity index is 993. The molecule has 0 radical (unpaired) electrons. The molecule has 1 heterocycles. The van der Waals surface area contributed by atoms with E-state index in [-0.39, 0.29) is 0 Å². The standard InChI is InChI=1S/C21H19N3O3S/c1-13-18(20(25)27-3)19(15-10-8-14(12-22)9-11-15)23-21(28)24(13)16-6-4-5-7-17(16)26-2/h4-11,19H,1-3H3,(H,23,28)/t19-/m0/s1. The number of nitrogens with one attached hydrogen (secondary N) is 1. The van der Waals surface area contributed by atoms with Crippen LogP contribution in [0.15, 0.2) is 59.8 Å². The Hall–Kier alpha value is -3.37. The van der Waals surface area contributed by atoms with Crippen LogP contribution in [0.3, 0.4) is 0 Å². The van der Waals surface area contributed by atoms with E-state index in [1.165, 1.54) is 7.11 Å². The van der Waals surface area contributed by atoms with Crippen molar-refractivity contribution in [2.24, 2.45) is 0 Å². The molecular weight excluding hydrogens is 374 g/mol. The van der Waals surface area contributed by atoms with Crippen LogP contribution in [0.2, 0.25) is 0 Å². The molecule has 28 heavy (non-hydrogen) atoms. The molecule has 142 valence electrons. The fourth-order valence-corrected chi connectivity index (χ4v) is 3.58. The number of para-hydroxylation sites is 2. The predicted molar refractivity (Wildman–Crippen MR) is 110 cm³/mol. The molecule has 1 atom stereocenters. The average Bonchev–Trinajstić information content (AvgIpc) is 2.73. The van der Waals surface area contributed by atoms with Crippen molar-refractivity contribution in [3.05, 3.63) is 70.9 Å². The van der Waals surface area contributed by atoms with Gasteiger partial charge < -0.3 is 14.8 Å². The van der Waals surface area contributed by atoms with E-state index in [4.69, 9.17) is 27.0 Å². The second-order valence-electron chi connectivity index (χ2n) is 6.11.